The number of carbonyl (C=O) groups excluding carboxylic acids is 1. The lowest BCUT2D eigenvalue weighted by Gasteiger charge is -2.04. The van der Waals surface area contributed by atoms with Gasteiger partial charge in [-0.3, -0.25) is 4.79 Å². The number of rotatable bonds is 2. The summed E-state index contributed by atoms with van der Waals surface area (Å²) < 4.78 is 0. The molecule has 13 heavy (non-hydrogen) atoms. The largest absolute Gasteiger partial charge is 0.368 e. The minimum absolute atomic E-state index is 0.178. The fourth-order valence-corrected chi connectivity index (χ4v) is 1.38. The lowest BCUT2D eigenvalue weighted by Crippen LogP contribution is -2.19. The Kier molecular flexibility index (Phi) is 3.07. The van der Waals surface area contributed by atoms with Crippen LogP contribution in [0.3, 0.4) is 0 Å². The summed E-state index contributed by atoms with van der Waals surface area (Å²) in [5, 5.41) is 3.09. The highest BCUT2D eigenvalue weighted by Crippen LogP contribution is 2.17. The van der Waals surface area contributed by atoms with Crippen molar-refractivity contribution >= 4 is 23.6 Å². The van der Waals surface area contributed by atoms with E-state index in [0.29, 0.717) is 10.6 Å². The zero-order valence-corrected chi connectivity index (χ0v) is 8.18. The molecule has 0 aliphatic heterocycles. The van der Waals surface area contributed by atoms with Gasteiger partial charge in [0.15, 0.2) is 0 Å². The first kappa shape index (κ1) is 9.79. The molecule has 0 spiro atoms. The van der Waals surface area contributed by atoms with Gasteiger partial charge in [0.25, 0.3) is 5.91 Å². The Balaban J connectivity index is 3.13. The molecule has 6 heteroatoms. The van der Waals surface area contributed by atoms with Gasteiger partial charge in [-0.15, -0.1) is 11.8 Å². The second kappa shape index (κ2) is 4.08. The molecule has 1 amide bonds. The first-order valence-electron chi connectivity index (χ1n) is 3.57. The van der Waals surface area contributed by atoms with Gasteiger partial charge in [-0.05, 0) is 6.26 Å². The van der Waals surface area contributed by atoms with E-state index in [9.17, 15) is 4.79 Å². The molecule has 0 bridgehead atoms. The molecule has 70 valence electrons. The molecule has 0 unspecified atom stereocenters. The molecule has 0 fully saturated rings. The van der Waals surface area contributed by atoms with Crippen LogP contribution in [0, 0.1) is 0 Å². The Hall–Kier alpha value is -1.30. The Morgan fingerprint density at radius 1 is 1.69 bits per heavy atom. The Morgan fingerprint density at radius 3 is 2.92 bits per heavy atom. The van der Waals surface area contributed by atoms with E-state index < -0.39 is 0 Å². The molecular formula is C7H10N4OS. The maximum atomic E-state index is 11.3. The van der Waals surface area contributed by atoms with Crippen molar-refractivity contribution < 1.29 is 4.79 Å². The van der Waals surface area contributed by atoms with Gasteiger partial charge in [0.05, 0.1) is 5.56 Å². The predicted molar refractivity (Wildman–Crippen MR) is 51.6 cm³/mol. The predicted octanol–water partition coefficient (Wildman–Crippen LogP) is 0.140. The number of nitrogens with zero attached hydrogens (tertiary/aromatic N) is 2. The molecular weight excluding hydrogens is 188 g/mol. The van der Waals surface area contributed by atoms with Crippen LogP contribution in [0.2, 0.25) is 0 Å². The van der Waals surface area contributed by atoms with Crippen molar-refractivity contribution in [3.8, 4) is 0 Å². The van der Waals surface area contributed by atoms with Crippen LogP contribution in [0.4, 0.5) is 5.95 Å². The summed E-state index contributed by atoms with van der Waals surface area (Å²) in [6, 6.07) is 0. The van der Waals surface area contributed by atoms with Crippen molar-refractivity contribution in [2.24, 2.45) is 0 Å². The van der Waals surface area contributed by atoms with Crippen LogP contribution in [0.25, 0.3) is 0 Å². The van der Waals surface area contributed by atoms with Gasteiger partial charge in [0, 0.05) is 13.2 Å². The lowest BCUT2D eigenvalue weighted by molar-refractivity contribution is 0.0959. The maximum absolute atomic E-state index is 11.3. The zero-order valence-electron chi connectivity index (χ0n) is 7.37. The van der Waals surface area contributed by atoms with E-state index in [1.807, 2.05) is 6.26 Å². The van der Waals surface area contributed by atoms with Gasteiger partial charge in [-0.1, -0.05) is 0 Å². The highest BCUT2D eigenvalue weighted by Gasteiger charge is 2.11. The van der Waals surface area contributed by atoms with Gasteiger partial charge < -0.3 is 11.1 Å². The number of amides is 1. The molecule has 0 aromatic carbocycles. The topological polar surface area (TPSA) is 80.9 Å². The number of carbonyl (C=O) groups is 1. The molecule has 3 N–H and O–H groups in total. The number of nitrogens with two attached hydrogens (primary N) is 1. The van der Waals surface area contributed by atoms with Gasteiger partial charge in [-0.25, -0.2) is 9.97 Å². The molecule has 0 atom stereocenters. The molecule has 1 heterocycles. The number of nitrogen functional groups attached to an aromatic ring is 1. The van der Waals surface area contributed by atoms with Gasteiger partial charge >= 0.3 is 0 Å². The third kappa shape index (κ3) is 2.09. The summed E-state index contributed by atoms with van der Waals surface area (Å²) >= 11 is 1.36. The molecule has 0 aliphatic rings. The SMILES string of the molecule is CNC(=O)c1cnc(N)nc1SC. The molecule has 1 aromatic heterocycles. The van der Waals surface area contributed by atoms with Crippen LogP contribution < -0.4 is 11.1 Å². The number of anilines is 1. The molecule has 1 aromatic rings. The van der Waals surface area contributed by atoms with E-state index in [2.05, 4.69) is 15.3 Å². The highest BCUT2D eigenvalue weighted by atomic mass is 32.2. The Labute approximate surface area is 80.1 Å². The van der Waals surface area contributed by atoms with Crippen molar-refractivity contribution in [1.82, 2.24) is 15.3 Å². The number of hydrogen-bond acceptors (Lipinski definition) is 5. The second-order valence-electron chi connectivity index (χ2n) is 2.23. The second-order valence-corrected chi connectivity index (χ2v) is 3.03. The Bertz CT molecular complexity index is 328. The summed E-state index contributed by atoms with van der Waals surface area (Å²) in [6.07, 6.45) is 3.25. The van der Waals surface area contributed by atoms with Gasteiger partial charge in [-0.2, -0.15) is 0 Å². The van der Waals surface area contributed by atoms with E-state index in [1.54, 1.807) is 7.05 Å². The van der Waals surface area contributed by atoms with Crippen LogP contribution in [0.1, 0.15) is 10.4 Å². The van der Waals surface area contributed by atoms with Crippen molar-refractivity contribution in [3.05, 3.63) is 11.8 Å². The normalized spacial score (nSPS) is 9.69. The number of aromatic nitrogens is 2. The van der Waals surface area contributed by atoms with E-state index in [-0.39, 0.29) is 11.9 Å². The van der Waals surface area contributed by atoms with Crippen LogP contribution in [-0.4, -0.2) is 29.2 Å². The van der Waals surface area contributed by atoms with E-state index in [1.165, 1.54) is 18.0 Å². The molecule has 5 nitrogen and oxygen atoms in total. The molecule has 0 saturated heterocycles. The average molecular weight is 198 g/mol. The highest BCUT2D eigenvalue weighted by molar-refractivity contribution is 7.98. The van der Waals surface area contributed by atoms with Gasteiger partial charge in [0.1, 0.15) is 5.03 Å². The van der Waals surface area contributed by atoms with E-state index >= 15 is 0 Å². The summed E-state index contributed by atoms with van der Waals surface area (Å²) in [5.74, 6) is -0.0265. The lowest BCUT2D eigenvalue weighted by atomic mass is 10.3. The van der Waals surface area contributed by atoms with Crippen molar-refractivity contribution in [2.45, 2.75) is 5.03 Å². The van der Waals surface area contributed by atoms with Crippen molar-refractivity contribution in [1.29, 1.82) is 0 Å². The third-order valence-corrected chi connectivity index (χ3v) is 2.14. The molecule has 1 rings (SSSR count). The summed E-state index contributed by atoms with van der Waals surface area (Å²) in [6.45, 7) is 0. The number of hydrogen-bond donors (Lipinski definition) is 2. The molecule has 0 radical (unpaired) electrons. The zero-order chi connectivity index (χ0) is 9.84. The fourth-order valence-electron chi connectivity index (χ4n) is 0.825. The van der Waals surface area contributed by atoms with Crippen LogP contribution >= 0.6 is 11.8 Å². The van der Waals surface area contributed by atoms with E-state index in [0.717, 1.165) is 0 Å². The van der Waals surface area contributed by atoms with E-state index in [4.69, 9.17) is 5.73 Å². The minimum Gasteiger partial charge on any atom is -0.368 e. The smallest absolute Gasteiger partial charge is 0.255 e. The first-order valence-corrected chi connectivity index (χ1v) is 4.80. The minimum atomic E-state index is -0.204. The molecule has 0 aliphatic carbocycles. The summed E-state index contributed by atoms with van der Waals surface area (Å²) in [4.78, 5) is 18.9. The monoisotopic (exact) mass is 198 g/mol. The maximum Gasteiger partial charge on any atom is 0.255 e. The standard InChI is InChI=1S/C7H10N4OS/c1-9-5(12)4-3-10-7(8)11-6(4)13-2/h3H,1-2H3,(H,9,12)(H2,8,10,11). The third-order valence-electron chi connectivity index (χ3n) is 1.44. The van der Waals surface area contributed by atoms with Gasteiger partial charge in [0.2, 0.25) is 5.95 Å². The van der Waals surface area contributed by atoms with Crippen molar-refractivity contribution in [2.75, 3.05) is 19.0 Å². The Morgan fingerprint density at radius 2 is 2.38 bits per heavy atom. The number of thioether (sulfide) groups is 1. The fraction of sp³-hybridized carbons (Fsp3) is 0.286. The average Bonchev–Trinajstić information content (AvgIpc) is 2.16. The molecule has 0 saturated carbocycles. The van der Waals surface area contributed by atoms with Crippen molar-refractivity contribution in [3.63, 3.8) is 0 Å². The summed E-state index contributed by atoms with van der Waals surface area (Å²) in [5.41, 5.74) is 5.83. The summed E-state index contributed by atoms with van der Waals surface area (Å²) in [7, 11) is 1.56. The first-order chi connectivity index (χ1) is 6.19. The van der Waals surface area contributed by atoms with Crippen LogP contribution in [0.15, 0.2) is 11.2 Å². The number of nitrogens with one attached hydrogen (secondary N) is 1. The quantitative estimate of drug-likeness (QED) is 0.522. The van der Waals surface area contributed by atoms with Crippen LogP contribution in [0.5, 0.6) is 0 Å². The van der Waals surface area contributed by atoms with Crippen LogP contribution in [-0.2, 0) is 0 Å².